The van der Waals surface area contributed by atoms with Crippen LogP contribution in [0, 0.1) is 13.8 Å². The molecule has 2 saturated heterocycles. The van der Waals surface area contributed by atoms with E-state index < -0.39 is 0 Å². The largest absolute Gasteiger partial charge is 0.367 e. The molecule has 176 valence electrons. The summed E-state index contributed by atoms with van der Waals surface area (Å²) in [6.45, 7) is 8.57. The maximum absolute atomic E-state index is 13.5. The first-order chi connectivity index (χ1) is 16.5. The maximum atomic E-state index is 13.5. The summed E-state index contributed by atoms with van der Waals surface area (Å²) in [7, 11) is 2.15. The molecule has 2 aliphatic rings. The molecular weight excluding hydrogens is 426 g/mol. The van der Waals surface area contributed by atoms with E-state index in [0.29, 0.717) is 6.54 Å². The van der Waals surface area contributed by atoms with Gasteiger partial charge in [-0.2, -0.15) is 0 Å². The van der Waals surface area contributed by atoms with Gasteiger partial charge in [0.15, 0.2) is 0 Å². The first kappa shape index (κ1) is 22.3. The Labute approximate surface area is 200 Å². The number of likely N-dealkylation sites (N-methyl/N-ethyl adjacent to an activating group) is 1. The van der Waals surface area contributed by atoms with Crippen molar-refractivity contribution in [2.75, 3.05) is 49.6 Å². The number of hydrogen-bond donors (Lipinski definition) is 0. The van der Waals surface area contributed by atoms with Crippen LogP contribution in [0.5, 0.6) is 0 Å². The lowest BCUT2D eigenvalue weighted by Gasteiger charge is -2.34. The minimum atomic E-state index is 0.0614. The molecule has 34 heavy (non-hydrogen) atoms. The number of aromatic nitrogens is 2. The summed E-state index contributed by atoms with van der Waals surface area (Å²) < 4.78 is 5.31. The number of benzene rings is 1. The monoisotopic (exact) mass is 457 g/mol. The minimum Gasteiger partial charge on any atom is -0.367 e. The second-order valence-corrected chi connectivity index (χ2v) is 9.17. The van der Waals surface area contributed by atoms with Gasteiger partial charge in [0.25, 0.3) is 5.91 Å². The molecule has 0 unspecified atom stereocenters. The highest BCUT2D eigenvalue weighted by Gasteiger charge is 2.26. The van der Waals surface area contributed by atoms with Gasteiger partial charge in [0.2, 0.25) is 0 Å². The minimum absolute atomic E-state index is 0.0614. The van der Waals surface area contributed by atoms with Crippen molar-refractivity contribution in [2.45, 2.75) is 26.7 Å². The molecule has 5 rings (SSSR count). The number of hydrogen-bond acceptors (Lipinski definition) is 6. The summed E-state index contributed by atoms with van der Waals surface area (Å²) in [6.07, 6.45) is 5.51. The van der Waals surface area contributed by atoms with E-state index in [-0.39, 0.29) is 5.91 Å². The van der Waals surface area contributed by atoms with Crippen LogP contribution in [0.4, 0.5) is 11.4 Å². The quantitative estimate of drug-likeness (QED) is 0.544. The third-order valence-electron chi connectivity index (χ3n) is 6.82. The number of piperazine rings is 1. The highest BCUT2D eigenvalue weighted by molar-refractivity contribution is 6.09. The smallest absolute Gasteiger partial charge is 0.254 e. The molecule has 0 bridgehead atoms. The fourth-order valence-electron chi connectivity index (χ4n) is 4.89. The van der Waals surface area contributed by atoms with Crippen LogP contribution >= 0.6 is 0 Å². The zero-order valence-corrected chi connectivity index (χ0v) is 20.1. The number of anilines is 2. The van der Waals surface area contributed by atoms with Crippen LogP contribution < -0.4 is 9.80 Å². The van der Waals surface area contributed by atoms with Crippen molar-refractivity contribution < 1.29 is 9.32 Å². The average Bonchev–Trinajstić information content (AvgIpc) is 3.19. The van der Waals surface area contributed by atoms with Crippen LogP contribution in [0.3, 0.4) is 0 Å². The van der Waals surface area contributed by atoms with E-state index >= 15 is 0 Å². The fraction of sp³-hybridized carbons (Fsp3) is 0.370. The van der Waals surface area contributed by atoms with Gasteiger partial charge in [0.1, 0.15) is 5.76 Å². The van der Waals surface area contributed by atoms with Gasteiger partial charge in [0.05, 0.1) is 17.1 Å². The summed E-state index contributed by atoms with van der Waals surface area (Å²) in [5, 5.41) is 4.05. The second-order valence-electron chi connectivity index (χ2n) is 9.17. The number of carbonyl (C=O) groups is 1. The Morgan fingerprint density at radius 1 is 1.00 bits per heavy atom. The van der Waals surface area contributed by atoms with Crippen molar-refractivity contribution in [1.29, 1.82) is 0 Å². The summed E-state index contributed by atoms with van der Waals surface area (Å²) >= 11 is 0. The molecule has 1 amide bonds. The van der Waals surface area contributed by atoms with Gasteiger partial charge in [-0.15, -0.1) is 0 Å². The van der Waals surface area contributed by atoms with Crippen LogP contribution in [-0.2, 0) is 4.79 Å². The average molecular weight is 458 g/mol. The first-order valence-corrected chi connectivity index (χ1v) is 12.0. The molecule has 3 aromatic rings. The molecule has 2 aliphatic heterocycles. The second kappa shape index (κ2) is 9.43. The molecule has 0 N–H and O–H groups in total. The predicted octanol–water partition coefficient (Wildman–Crippen LogP) is 4.32. The highest BCUT2D eigenvalue weighted by Crippen LogP contribution is 2.31. The molecule has 0 saturated carbocycles. The molecule has 0 radical (unpaired) electrons. The zero-order chi connectivity index (χ0) is 23.7. The van der Waals surface area contributed by atoms with Gasteiger partial charge in [-0.05, 0) is 69.6 Å². The van der Waals surface area contributed by atoms with E-state index in [0.717, 1.165) is 84.2 Å². The lowest BCUT2D eigenvalue weighted by Crippen LogP contribution is -2.44. The van der Waals surface area contributed by atoms with Gasteiger partial charge in [0, 0.05) is 55.7 Å². The van der Waals surface area contributed by atoms with Gasteiger partial charge in [-0.1, -0.05) is 17.3 Å². The Morgan fingerprint density at radius 2 is 1.76 bits per heavy atom. The zero-order valence-electron chi connectivity index (χ0n) is 20.1. The Balaban J connectivity index is 1.39. The molecule has 4 heterocycles. The number of carbonyl (C=O) groups excluding carboxylic acids is 1. The number of amides is 1. The lowest BCUT2D eigenvalue weighted by molar-refractivity contribution is -0.115. The van der Waals surface area contributed by atoms with Crippen LogP contribution in [0.15, 0.2) is 52.7 Å². The van der Waals surface area contributed by atoms with Gasteiger partial charge >= 0.3 is 0 Å². The van der Waals surface area contributed by atoms with Gasteiger partial charge < -0.3 is 19.2 Å². The Hall–Kier alpha value is -3.45. The summed E-state index contributed by atoms with van der Waals surface area (Å²) in [5.74, 6) is 0.863. The standard InChI is InChI=1S/C27H31N5O2/c1-19-26(20(2)34-29-19)21-8-10-23(11-9-21)32-13-5-6-22(27(32)33)18-24-25(7-4-12-28-24)31-16-14-30(3)15-17-31/h4,7-12,18H,5-6,13-17H2,1-3H3. The third kappa shape index (κ3) is 4.35. The summed E-state index contributed by atoms with van der Waals surface area (Å²) in [4.78, 5) is 24.7. The number of piperidine rings is 1. The van der Waals surface area contributed by atoms with Gasteiger partial charge in [-0.25, -0.2) is 0 Å². The number of aryl methyl sites for hydroxylation is 2. The van der Waals surface area contributed by atoms with Crippen LogP contribution in [-0.4, -0.2) is 60.7 Å². The van der Waals surface area contributed by atoms with Gasteiger partial charge in [-0.3, -0.25) is 9.78 Å². The van der Waals surface area contributed by atoms with E-state index in [1.807, 2.05) is 61.4 Å². The summed E-state index contributed by atoms with van der Waals surface area (Å²) in [6, 6.07) is 12.2. The number of rotatable bonds is 4. The van der Waals surface area contributed by atoms with E-state index in [9.17, 15) is 4.79 Å². The van der Waals surface area contributed by atoms with Crippen LogP contribution in [0.2, 0.25) is 0 Å². The third-order valence-corrected chi connectivity index (χ3v) is 6.82. The Bertz CT molecular complexity index is 1190. The molecule has 2 aromatic heterocycles. The van der Waals surface area contributed by atoms with E-state index in [4.69, 9.17) is 4.52 Å². The van der Waals surface area contributed by atoms with Crippen molar-refractivity contribution in [3.05, 3.63) is 65.3 Å². The molecule has 7 heteroatoms. The SMILES string of the molecule is Cc1noc(C)c1-c1ccc(N2CCCC(=Cc3ncccc3N3CCN(C)CC3)C2=O)cc1. The van der Waals surface area contributed by atoms with Crippen LogP contribution in [0.1, 0.15) is 30.0 Å². The van der Waals surface area contributed by atoms with E-state index in [2.05, 4.69) is 33.1 Å². The normalized spacial score (nSPS) is 18.7. The summed E-state index contributed by atoms with van der Waals surface area (Å²) in [5.41, 5.74) is 6.65. The van der Waals surface area contributed by atoms with E-state index in [1.165, 1.54) is 0 Å². The fourth-order valence-corrected chi connectivity index (χ4v) is 4.89. The molecule has 2 fully saturated rings. The molecule has 7 nitrogen and oxygen atoms in total. The van der Waals surface area contributed by atoms with Crippen molar-refractivity contribution in [1.82, 2.24) is 15.0 Å². The maximum Gasteiger partial charge on any atom is 0.254 e. The molecular formula is C27H31N5O2. The Kier molecular flexibility index (Phi) is 6.20. The molecule has 0 spiro atoms. The van der Waals surface area contributed by atoms with Crippen LogP contribution in [0.25, 0.3) is 17.2 Å². The van der Waals surface area contributed by atoms with Crippen molar-refractivity contribution in [3.8, 4) is 11.1 Å². The van der Waals surface area contributed by atoms with Crippen molar-refractivity contribution in [2.24, 2.45) is 0 Å². The topological polar surface area (TPSA) is 65.7 Å². The number of nitrogens with zero attached hydrogens (tertiary/aromatic N) is 5. The van der Waals surface area contributed by atoms with Crippen molar-refractivity contribution >= 4 is 23.4 Å². The Morgan fingerprint density at radius 3 is 2.47 bits per heavy atom. The lowest BCUT2D eigenvalue weighted by atomic mass is 10.00. The predicted molar refractivity (Wildman–Crippen MR) is 135 cm³/mol. The molecule has 0 atom stereocenters. The van der Waals surface area contributed by atoms with Crippen molar-refractivity contribution in [3.63, 3.8) is 0 Å². The molecule has 1 aromatic carbocycles. The highest BCUT2D eigenvalue weighted by atomic mass is 16.5. The van der Waals surface area contributed by atoms with E-state index in [1.54, 1.807) is 0 Å². The first-order valence-electron chi connectivity index (χ1n) is 12.0. The molecule has 0 aliphatic carbocycles. The number of pyridine rings is 1.